The first kappa shape index (κ1) is 26.5. The number of unbranched alkanes of at least 4 members (excludes halogenated alkanes) is 5. The molecule has 0 heterocycles. The summed E-state index contributed by atoms with van der Waals surface area (Å²) >= 11 is 0. The van der Waals surface area contributed by atoms with E-state index in [1.165, 1.54) is 32.1 Å². The molecule has 1 unspecified atom stereocenters. The van der Waals surface area contributed by atoms with E-state index in [1.807, 2.05) is 36.4 Å². The molecule has 0 spiro atoms. The van der Waals surface area contributed by atoms with E-state index in [0.717, 1.165) is 36.8 Å². The van der Waals surface area contributed by atoms with E-state index in [9.17, 15) is 0 Å². The van der Waals surface area contributed by atoms with Gasteiger partial charge in [-0.05, 0) is 24.8 Å². The predicted molar refractivity (Wildman–Crippen MR) is 130 cm³/mol. The minimum Gasteiger partial charge on any atom is -0.233 e. The summed E-state index contributed by atoms with van der Waals surface area (Å²) in [7, 11) is 0. The summed E-state index contributed by atoms with van der Waals surface area (Å²) in [6, 6.07) is 20.5. The third-order valence-electron chi connectivity index (χ3n) is 5.62. The van der Waals surface area contributed by atoms with E-state index in [2.05, 4.69) is 45.0 Å². The molecule has 4 nitrogen and oxygen atoms in total. The van der Waals surface area contributed by atoms with E-state index in [1.54, 1.807) is 0 Å². The summed E-state index contributed by atoms with van der Waals surface area (Å²) in [6.07, 6.45) is 10.0. The zero-order valence-electron chi connectivity index (χ0n) is 20.3. The van der Waals surface area contributed by atoms with Crippen molar-refractivity contribution in [1.82, 2.24) is 0 Å². The topological polar surface area (TPSA) is 36.9 Å². The summed E-state index contributed by atoms with van der Waals surface area (Å²) in [6.45, 7) is 7.36. The average molecular weight is 443 g/mol. The van der Waals surface area contributed by atoms with Crippen molar-refractivity contribution in [2.45, 2.75) is 90.3 Å². The van der Waals surface area contributed by atoms with Crippen molar-refractivity contribution in [2.75, 3.05) is 13.2 Å². The van der Waals surface area contributed by atoms with Gasteiger partial charge in [-0.1, -0.05) is 120 Å². The maximum Gasteiger partial charge on any atom is 0.265 e. The highest BCUT2D eigenvalue weighted by Crippen LogP contribution is 2.45. The summed E-state index contributed by atoms with van der Waals surface area (Å²) in [5.41, 5.74) is 2.05. The Morgan fingerprint density at radius 3 is 1.72 bits per heavy atom. The molecule has 0 bridgehead atoms. The van der Waals surface area contributed by atoms with Crippen LogP contribution in [0.4, 0.5) is 0 Å². The molecule has 32 heavy (non-hydrogen) atoms. The van der Waals surface area contributed by atoms with Crippen molar-refractivity contribution >= 4 is 0 Å². The summed E-state index contributed by atoms with van der Waals surface area (Å²) in [5.74, 6) is -1.26. The molecule has 0 N–H and O–H groups in total. The lowest BCUT2D eigenvalue weighted by Crippen LogP contribution is -2.40. The Kier molecular flexibility index (Phi) is 13.2. The molecule has 0 saturated heterocycles. The molecule has 0 aliphatic carbocycles. The van der Waals surface area contributed by atoms with Gasteiger partial charge in [0.1, 0.15) is 0 Å². The van der Waals surface area contributed by atoms with Crippen LogP contribution in [0.5, 0.6) is 0 Å². The second-order valence-electron chi connectivity index (χ2n) is 8.36. The Morgan fingerprint density at radius 2 is 1.16 bits per heavy atom. The average Bonchev–Trinajstić information content (AvgIpc) is 2.84. The molecule has 0 saturated carbocycles. The molecule has 1 atom stereocenters. The Hall–Kier alpha value is -1.72. The summed E-state index contributed by atoms with van der Waals surface area (Å²) in [5, 5.41) is 0. The summed E-state index contributed by atoms with van der Waals surface area (Å²) < 4.78 is 0. The van der Waals surface area contributed by atoms with Crippen molar-refractivity contribution < 1.29 is 19.6 Å². The van der Waals surface area contributed by atoms with Crippen molar-refractivity contribution in [3.8, 4) is 0 Å². The van der Waals surface area contributed by atoms with E-state index < -0.39 is 5.79 Å². The molecule has 2 aromatic carbocycles. The molecule has 4 heteroatoms. The van der Waals surface area contributed by atoms with Gasteiger partial charge in [-0.2, -0.15) is 9.78 Å². The predicted octanol–water partition coefficient (Wildman–Crippen LogP) is 8.09. The van der Waals surface area contributed by atoms with Gasteiger partial charge >= 0.3 is 0 Å². The van der Waals surface area contributed by atoms with Gasteiger partial charge in [0, 0.05) is 11.5 Å². The number of benzene rings is 2. The largest absolute Gasteiger partial charge is 0.265 e. The smallest absolute Gasteiger partial charge is 0.233 e. The molecule has 0 amide bonds. The van der Waals surface area contributed by atoms with Crippen LogP contribution in [0.3, 0.4) is 0 Å². The van der Waals surface area contributed by atoms with Crippen LogP contribution in [0, 0.1) is 0 Å². The highest BCUT2D eigenvalue weighted by atomic mass is 17.3. The number of rotatable bonds is 18. The summed E-state index contributed by atoms with van der Waals surface area (Å²) in [4.78, 5) is 23.7. The molecule has 0 aliphatic heterocycles. The van der Waals surface area contributed by atoms with Gasteiger partial charge in [-0.3, -0.25) is 0 Å². The van der Waals surface area contributed by atoms with Crippen LogP contribution in [0.1, 0.15) is 95.6 Å². The fourth-order valence-corrected chi connectivity index (χ4v) is 3.91. The lowest BCUT2D eigenvalue weighted by Gasteiger charge is -2.38. The number of hydrogen-bond acceptors (Lipinski definition) is 4. The van der Waals surface area contributed by atoms with Gasteiger partial charge in [0.15, 0.2) is 0 Å². The molecule has 2 aromatic rings. The van der Waals surface area contributed by atoms with Crippen molar-refractivity contribution in [3.05, 3.63) is 71.8 Å². The highest BCUT2D eigenvalue weighted by molar-refractivity contribution is 5.29. The van der Waals surface area contributed by atoms with Gasteiger partial charge in [-0.15, -0.1) is 0 Å². The second kappa shape index (κ2) is 16.0. The highest BCUT2D eigenvalue weighted by Gasteiger charge is 2.47. The molecule has 0 fully saturated rings. The lowest BCUT2D eigenvalue weighted by molar-refractivity contribution is -0.527. The zero-order chi connectivity index (χ0) is 22.9. The maximum absolute atomic E-state index is 6.17. The Morgan fingerprint density at radius 1 is 0.625 bits per heavy atom. The molecular weight excluding hydrogens is 400 g/mol. The maximum atomic E-state index is 6.17. The molecular formula is C28H42O4. The molecule has 0 aromatic heterocycles. The first-order chi connectivity index (χ1) is 15.8. The van der Waals surface area contributed by atoms with Crippen molar-refractivity contribution in [1.29, 1.82) is 0 Å². The quantitative estimate of drug-likeness (QED) is 0.101. The molecule has 178 valence electrons. The third-order valence-corrected chi connectivity index (χ3v) is 5.62. The van der Waals surface area contributed by atoms with Gasteiger partial charge in [0.05, 0.1) is 13.2 Å². The van der Waals surface area contributed by atoms with E-state index in [0.29, 0.717) is 13.2 Å². The Labute approximate surface area is 195 Å². The van der Waals surface area contributed by atoms with E-state index >= 15 is 0 Å². The van der Waals surface area contributed by atoms with Gasteiger partial charge < -0.3 is 0 Å². The Bertz CT molecular complexity index is 679. The van der Waals surface area contributed by atoms with Crippen LogP contribution in [-0.4, -0.2) is 13.2 Å². The van der Waals surface area contributed by atoms with Crippen LogP contribution in [-0.2, 0) is 25.3 Å². The lowest BCUT2D eigenvalue weighted by atomic mass is 9.82. The first-order valence-corrected chi connectivity index (χ1v) is 12.5. The molecule has 0 aliphatic rings. The SMILES string of the molecule is CCCCCCCCC(c1ccccc1)C(OOCCC)(OOCCC)c1ccccc1. The van der Waals surface area contributed by atoms with Gasteiger partial charge in [-0.25, -0.2) is 9.78 Å². The van der Waals surface area contributed by atoms with E-state index in [-0.39, 0.29) is 5.92 Å². The van der Waals surface area contributed by atoms with Crippen LogP contribution in [0.15, 0.2) is 60.7 Å². The van der Waals surface area contributed by atoms with Crippen LogP contribution in [0.2, 0.25) is 0 Å². The standard InChI is InChI=1S/C28H42O4/c1-4-7-8-9-10-17-22-27(25-18-13-11-14-19-25)28(31-29-23-5-2,32-30-24-6-3)26-20-15-12-16-21-26/h11-16,18-21,27H,4-10,17,22-24H2,1-3H3. The second-order valence-corrected chi connectivity index (χ2v) is 8.36. The van der Waals surface area contributed by atoms with Crippen molar-refractivity contribution in [2.24, 2.45) is 0 Å². The van der Waals surface area contributed by atoms with Crippen LogP contribution >= 0.6 is 0 Å². The van der Waals surface area contributed by atoms with Crippen LogP contribution in [0.25, 0.3) is 0 Å². The molecule has 2 rings (SSSR count). The first-order valence-electron chi connectivity index (χ1n) is 12.5. The van der Waals surface area contributed by atoms with Gasteiger partial charge in [0.25, 0.3) is 5.79 Å². The Balaban J connectivity index is 2.38. The number of hydrogen-bond donors (Lipinski definition) is 0. The minimum absolute atomic E-state index is 0.0778. The third kappa shape index (κ3) is 8.32. The van der Waals surface area contributed by atoms with E-state index in [4.69, 9.17) is 19.6 Å². The fourth-order valence-electron chi connectivity index (χ4n) is 3.91. The fraction of sp³-hybridized carbons (Fsp3) is 0.571. The minimum atomic E-state index is -1.18. The monoisotopic (exact) mass is 442 g/mol. The normalized spacial score (nSPS) is 12.7. The zero-order valence-corrected chi connectivity index (χ0v) is 20.3. The van der Waals surface area contributed by atoms with Gasteiger partial charge in [0.2, 0.25) is 0 Å². The molecule has 0 radical (unpaired) electrons. The van der Waals surface area contributed by atoms with Crippen molar-refractivity contribution in [3.63, 3.8) is 0 Å². The van der Waals surface area contributed by atoms with Crippen LogP contribution < -0.4 is 0 Å².